The first kappa shape index (κ1) is 21.1. The predicted octanol–water partition coefficient (Wildman–Crippen LogP) is 3.71. The van der Waals surface area contributed by atoms with Crippen molar-refractivity contribution in [2.75, 3.05) is 44.9 Å². The van der Waals surface area contributed by atoms with E-state index in [1.807, 2.05) is 17.0 Å². The summed E-state index contributed by atoms with van der Waals surface area (Å²) >= 11 is 0. The molecule has 0 unspecified atom stereocenters. The number of hydrogen-bond acceptors (Lipinski definition) is 6. The van der Waals surface area contributed by atoms with Gasteiger partial charge >= 0.3 is 6.18 Å². The lowest BCUT2D eigenvalue weighted by atomic mass is 10.1. The van der Waals surface area contributed by atoms with Gasteiger partial charge in [-0.1, -0.05) is 0 Å². The molecule has 0 atom stereocenters. The fourth-order valence-electron chi connectivity index (χ4n) is 4.03. The number of pyridine rings is 1. The molecule has 0 spiro atoms. The minimum Gasteiger partial charge on any atom is -0.384 e. The Bertz CT molecular complexity index is 1100. The number of aromatic nitrogens is 4. The molecule has 5 rings (SSSR count). The standard InChI is InChI=1S/C22H24F3N5O2/c1-31-9-6-16-5-4-15(13-26-16)20-19(14-2-3-14)27-21-17(29-7-10-32-11-8-29)12-18(22(23,24)25)28-30(20)21/h4-5,12-14H,2-3,6-11H2,1H3. The summed E-state index contributed by atoms with van der Waals surface area (Å²) in [6, 6.07) is 4.87. The van der Waals surface area contributed by atoms with E-state index in [1.165, 1.54) is 4.52 Å². The van der Waals surface area contributed by atoms with Gasteiger partial charge in [0.05, 0.1) is 36.9 Å². The van der Waals surface area contributed by atoms with Crippen molar-refractivity contribution in [2.45, 2.75) is 31.4 Å². The number of anilines is 1. The third-order valence-corrected chi connectivity index (χ3v) is 5.86. The van der Waals surface area contributed by atoms with Crippen LogP contribution in [0.3, 0.4) is 0 Å². The van der Waals surface area contributed by atoms with Gasteiger partial charge in [0.25, 0.3) is 0 Å². The number of nitrogens with zero attached hydrogens (tertiary/aromatic N) is 5. The minimum atomic E-state index is -4.57. The first-order chi connectivity index (χ1) is 15.5. The molecular formula is C22H24F3N5O2. The molecule has 0 amide bonds. The van der Waals surface area contributed by atoms with E-state index in [2.05, 4.69) is 10.1 Å². The zero-order valence-electron chi connectivity index (χ0n) is 17.7. The fourth-order valence-corrected chi connectivity index (χ4v) is 4.03. The van der Waals surface area contributed by atoms with E-state index in [9.17, 15) is 13.2 Å². The topological polar surface area (TPSA) is 64.8 Å². The zero-order valence-corrected chi connectivity index (χ0v) is 17.7. The SMILES string of the molecule is COCCc1ccc(-c2c(C3CC3)nc3c(N4CCOCC4)cc(C(F)(F)F)nn23)cn1. The van der Waals surface area contributed by atoms with E-state index in [1.54, 1.807) is 13.3 Å². The average molecular weight is 447 g/mol. The van der Waals surface area contributed by atoms with Gasteiger partial charge in [0.2, 0.25) is 0 Å². The molecule has 1 aliphatic carbocycles. The third-order valence-electron chi connectivity index (χ3n) is 5.86. The number of rotatable bonds is 6. The van der Waals surface area contributed by atoms with Gasteiger partial charge in [-0.15, -0.1) is 0 Å². The second-order valence-corrected chi connectivity index (χ2v) is 8.15. The number of ether oxygens (including phenoxy) is 2. The molecule has 1 aliphatic heterocycles. The fraction of sp³-hybridized carbons (Fsp3) is 0.500. The van der Waals surface area contributed by atoms with E-state index < -0.39 is 11.9 Å². The quantitative estimate of drug-likeness (QED) is 0.574. The van der Waals surface area contributed by atoms with Crippen LogP contribution >= 0.6 is 0 Å². The van der Waals surface area contributed by atoms with E-state index in [0.29, 0.717) is 61.9 Å². The molecule has 10 heteroatoms. The molecular weight excluding hydrogens is 423 g/mol. The number of alkyl halides is 3. The van der Waals surface area contributed by atoms with Crippen molar-refractivity contribution in [1.29, 1.82) is 0 Å². The lowest BCUT2D eigenvalue weighted by Crippen LogP contribution is -2.37. The maximum Gasteiger partial charge on any atom is 0.435 e. The molecule has 4 heterocycles. The molecule has 1 saturated heterocycles. The summed E-state index contributed by atoms with van der Waals surface area (Å²) in [7, 11) is 1.63. The minimum absolute atomic E-state index is 0.228. The maximum atomic E-state index is 13.8. The van der Waals surface area contributed by atoms with Crippen molar-refractivity contribution >= 4 is 11.3 Å². The van der Waals surface area contributed by atoms with Gasteiger partial charge in [-0.25, -0.2) is 9.50 Å². The third kappa shape index (κ3) is 4.04. The van der Waals surface area contributed by atoms with E-state index >= 15 is 0 Å². The summed E-state index contributed by atoms with van der Waals surface area (Å²) in [6.07, 6.45) is -0.281. The highest BCUT2D eigenvalue weighted by atomic mass is 19.4. The molecule has 2 fully saturated rings. The molecule has 0 aromatic carbocycles. The largest absolute Gasteiger partial charge is 0.435 e. The van der Waals surface area contributed by atoms with Crippen LogP contribution in [0.5, 0.6) is 0 Å². The van der Waals surface area contributed by atoms with Crippen molar-refractivity contribution < 1.29 is 22.6 Å². The lowest BCUT2D eigenvalue weighted by molar-refractivity contribution is -0.141. The molecule has 0 bridgehead atoms. The van der Waals surface area contributed by atoms with Crippen LogP contribution in [0.15, 0.2) is 24.4 Å². The Hall–Kier alpha value is -2.72. The van der Waals surface area contributed by atoms with Crippen LogP contribution < -0.4 is 4.90 Å². The van der Waals surface area contributed by atoms with Crippen LogP contribution in [0.1, 0.15) is 35.8 Å². The first-order valence-corrected chi connectivity index (χ1v) is 10.7. The van der Waals surface area contributed by atoms with Gasteiger partial charge in [0.1, 0.15) is 0 Å². The summed E-state index contributed by atoms with van der Waals surface area (Å²) in [4.78, 5) is 11.2. The molecule has 32 heavy (non-hydrogen) atoms. The van der Waals surface area contributed by atoms with Crippen LogP contribution in [0.2, 0.25) is 0 Å². The Morgan fingerprint density at radius 3 is 2.59 bits per heavy atom. The predicted molar refractivity (Wildman–Crippen MR) is 112 cm³/mol. The summed E-state index contributed by atoms with van der Waals surface area (Å²) in [5.74, 6) is 0.228. The van der Waals surface area contributed by atoms with Gasteiger partial charge in [0.15, 0.2) is 11.3 Å². The van der Waals surface area contributed by atoms with Gasteiger partial charge in [-0.2, -0.15) is 18.3 Å². The molecule has 7 nitrogen and oxygen atoms in total. The van der Waals surface area contributed by atoms with E-state index in [0.717, 1.165) is 30.3 Å². The first-order valence-electron chi connectivity index (χ1n) is 10.7. The van der Waals surface area contributed by atoms with Gasteiger partial charge in [-0.3, -0.25) is 4.98 Å². The van der Waals surface area contributed by atoms with Gasteiger partial charge < -0.3 is 14.4 Å². The molecule has 0 radical (unpaired) electrons. The smallest absolute Gasteiger partial charge is 0.384 e. The number of methoxy groups -OCH3 is 1. The monoisotopic (exact) mass is 447 g/mol. The molecule has 3 aromatic rings. The highest BCUT2D eigenvalue weighted by Gasteiger charge is 2.37. The molecule has 3 aromatic heterocycles. The van der Waals surface area contributed by atoms with Crippen molar-refractivity contribution in [3.63, 3.8) is 0 Å². The van der Waals surface area contributed by atoms with Gasteiger partial charge in [0, 0.05) is 50.0 Å². The van der Waals surface area contributed by atoms with Crippen LogP contribution in [0.25, 0.3) is 16.9 Å². The van der Waals surface area contributed by atoms with Crippen LogP contribution in [-0.2, 0) is 22.1 Å². The van der Waals surface area contributed by atoms with Crippen molar-refractivity contribution in [3.8, 4) is 11.3 Å². The number of halogens is 3. The molecule has 0 N–H and O–H groups in total. The highest BCUT2D eigenvalue weighted by Crippen LogP contribution is 2.45. The van der Waals surface area contributed by atoms with Crippen molar-refractivity contribution in [3.05, 3.63) is 41.5 Å². The second-order valence-electron chi connectivity index (χ2n) is 8.15. The zero-order chi connectivity index (χ0) is 22.3. The van der Waals surface area contributed by atoms with Gasteiger partial charge in [-0.05, 0) is 31.0 Å². The Morgan fingerprint density at radius 2 is 1.97 bits per heavy atom. The number of imidazole rings is 1. The lowest BCUT2D eigenvalue weighted by Gasteiger charge is -2.29. The highest BCUT2D eigenvalue weighted by molar-refractivity contribution is 5.76. The molecule has 170 valence electrons. The normalized spacial score (nSPS) is 17.3. The Kier molecular flexibility index (Phi) is 5.50. The Labute approximate surface area is 183 Å². The van der Waals surface area contributed by atoms with E-state index in [4.69, 9.17) is 14.5 Å². The van der Waals surface area contributed by atoms with Crippen LogP contribution in [0, 0.1) is 0 Å². The summed E-state index contributed by atoms with van der Waals surface area (Å²) in [5, 5.41) is 4.00. The van der Waals surface area contributed by atoms with Crippen LogP contribution in [-0.4, -0.2) is 59.6 Å². The number of hydrogen-bond donors (Lipinski definition) is 0. The molecule has 2 aliphatic rings. The summed E-state index contributed by atoms with van der Waals surface area (Å²) in [5.41, 5.74) is 2.90. The summed E-state index contributed by atoms with van der Waals surface area (Å²) < 4.78 is 53.2. The number of morpholine rings is 1. The number of fused-ring (bicyclic) bond motifs is 1. The maximum absolute atomic E-state index is 13.8. The van der Waals surface area contributed by atoms with Crippen LogP contribution in [0.4, 0.5) is 18.9 Å². The Morgan fingerprint density at radius 1 is 1.19 bits per heavy atom. The van der Waals surface area contributed by atoms with Crippen molar-refractivity contribution in [1.82, 2.24) is 19.6 Å². The average Bonchev–Trinajstić information content (AvgIpc) is 3.57. The Balaban J connectivity index is 1.68. The van der Waals surface area contributed by atoms with Crippen molar-refractivity contribution in [2.24, 2.45) is 0 Å². The molecule has 1 saturated carbocycles. The van der Waals surface area contributed by atoms with E-state index in [-0.39, 0.29) is 5.92 Å². The summed E-state index contributed by atoms with van der Waals surface area (Å²) in [6.45, 7) is 2.49. The second kappa shape index (κ2) is 8.32.